The van der Waals surface area contributed by atoms with E-state index in [9.17, 15) is 9.59 Å². The second-order valence-corrected chi connectivity index (χ2v) is 8.30. The van der Waals surface area contributed by atoms with Crippen LogP contribution in [0.25, 0.3) is 10.6 Å². The van der Waals surface area contributed by atoms with Crippen molar-refractivity contribution in [2.75, 3.05) is 17.7 Å². The number of anilines is 2. The summed E-state index contributed by atoms with van der Waals surface area (Å²) in [5, 5.41) is 17.5. The molecule has 0 aliphatic rings. The molecule has 0 saturated heterocycles. The largest absolute Gasteiger partial charge is 0.497 e. The Kier molecular flexibility index (Phi) is 7.19. The third-order valence-corrected chi connectivity index (χ3v) is 5.37. The lowest BCUT2D eigenvalue weighted by molar-refractivity contribution is -0.118. The average molecular weight is 440 g/mol. The van der Waals surface area contributed by atoms with Gasteiger partial charge in [0, 0.05) is 17.3 Å². The highest BCUT2D eigenvalue weighted by atomic mass is 32.1. The lowest BCUT2D eigenvalue weighted by Gasteiger charge is -2.21. The molecule has 0 spiro atoms. The van der Waals surface area contributed by atoms with Crippen molar-refractivity contribution in [1.82, 2.24) is 15.5 Å². The van der Waals surface area contributed by atoms with Crippen LogP contribution in [0.15, 0.2) is 48.5 Å². The second-order valence-electron chi connectivity index (χ2n) is 7.32. The van der Waals surface area contributed by atoms with Crippen molar-refractivity contribution in [1.29, 1.82) is 0 Å². The van der Waals surface area contributed by atoms with E-state index in [-0.39, 0.29) is 11.8 Å². The van der Waals surface area contributed by atoms with Crippen LogP contribution in [0, 0.1) is 12.8 Å². The van der Waals surface area contributed by atoms with Crippen molar-refractivity contribution >= 4 is 34.1 Å². The number of urea groups is 1. The zero-order valence-electron chi connectivity index (χ0n) is 17.8. The van der Waals surface area contributed by atoms with Crippen molar-refractivity contribution in [2.24, 2.45) is 5.92 Å². The molecule has 0 radical (unpaired) electrons. The van der Waals surface area contributed by atoms with Gasteiger partial charge in [0.25, 0.3) is 0 Å². The molecule has 0 bridgehead atoms. The number of amides is 3. The van der Waals surface area contributed by atoms with Crippen LogP contribution in [0.3, 0.4) is 0 Å². The van der Waals surface area contributed by atoms with Crippen LogP contribution in [0.4, 0.5) is 15.6 Å². The molecule has 1 atom stereocenters. The number of ether oxygens (including phenoxy) is 1. The van der Waals surface area contributed by atoms with Crippen molar-refractivity contribution in [3.05, 3.63) is 54.1 Å². The SMILES string of the molecule is COc1cccc(NC(=O)NC(C(=O)Nc2nnc(-c3cccc(C)c3)s2)C(C)C)c1. The number of carbonyl (C=O) groups excluding carboxylic acids is 2. The molecule has 0 aliphatic heterocycles. The maximum absolute atomic E-state index is 12.8. The lowest BCUT2D eigenvalue weighted by Crippen LogP contribution is -2.48. The van der Waals surface area contributed by atoms with Gasteiger partial charge in [-0.2, -0.15) is 0 Å². The van der Waals surface area contributed by atoms with Gasteiger partial charge in [-0.05, 0) is 31.0 Å². The molecule has 3 N–H and O–H groups in total. The Morgan fingerprint density at radius 2 is 1.81 bits per heavy atom. The summed E-state index contributed by atoms with van der Waals surface area (Å²) in [5.74, 6) is 0.125. The van der Waals surface area contributed by atoms with Gasteiger partial charge in [0.15, 0.2) is 0 Å². The molecule has 31 heavy (non-hydrogen) atoms. The first kappa shape index (κ1) is 22.2. The molecule has 162 valence electrons. The zero-order valence-corrected chi connectivity index (χ0v) is 18.6. The van der Waals surface area contributed by atoms with Crippen LogP contribution < -0.4 is 20.7 Å². The number of hydrogen-bond acceptors (Lipinski definition) is 6. The monoisotopic (exact) mass is 439 g/mol. The van der Waals surface area contributed by atoms with Crippen molar-refractivity contribution in [3.63, 3.8) is 0 Å². The van der Waals surface area contributed by atoms with Gasteiger partial charge in [-0.25, -0.2) is 4.79 Å². The van der Waals surface area contributed by atoms with Crippen molar-refractivity contribution in [2.45, 2.75) is 26.8 Å². The maximum Gasteiger partial charge on any atom is 0.319 e. The van der Waals surface area contributed by atoms with Crippen molar-refractivity contribution in [3.8, 4) is 16.3 Å². The predicted molar refractivity (Wildman–Crippen MR) is 122 cm³/mol. The molecule has 2 aromatic carbocycles. The van der Waals surface area contributed by atoms with Gasteiger partial charge in [-0.3, -0.25) is 10.1 Å². The quantitative estimate of drug-likeness (QED) is 0.509. The van der Waals surface area contributed by atoms with Crippen LogP contribution in [0.5, 0.6) is 5.75 Å². The van der Waals surface area contributed by atoms with E-state index in [1.54, 1.807) is 31.4 Å². The van der Waals surface area contributed by atoms with Gasteiger partial charge < -0.3 is 15.4 Å². The van der Waals surface area contributed by atoms with Crippen LogP contribution >= 0.6 is 11.3 Å². The van der Waals surface area contributed by atoms with Gasteiger partial charge in [0.05, 0.1) is 7.11 Å². The number of carbonyl (C=O) groups is 2. The van der Waals surface area contributed by atoms with Gasteiger partial charge in [-0.1, -0.05) is 55.0 Å². The summed E-state index contributed by atoms with van der Waals surface area (Å²) in [7, 11) is 1.55. The number of nitrogens with one attached hydrogen (secondary N) is 3. The Labute approximate surface area is 185 Å². The maximum atomic E-state index is 12.8. The first-order valence-corrected chi connectivity index (χ1v) is 10.6. The van der Waals surface area contributed by atoms with Gasteiger partial charge in [0.2, 0.25) is 11.0 Å². The van der Waals surface area contributed by atoms with E-state index in [0.717, 1.165) is 11.1 Å². The van der Waals surface area contributed by atoms with Crippen LogP contribution in [0.2, 0.25) is 0 Å². The van der Waals surface area contributed by atoms with Gasteiger partial charge >= 0.3 is 6.03 Å². The smallest absolute Gasteiger partial charge is 0.319 e. The molecular weight excluding hydrogens is 414 g/mol. The Morgan fingerprint density at radius 3 is 2.52 bits per heavy atom. The van der Waals surface area contributed by atoms with E-state index < -0.39 is 12.1 Å². The van der Waals surface area contributed by atoms with E-state index in [1.165, 1.54) is 11.3 Å². The number of hydrogen-bond donors (Lipinski definition) is 3. The van der Waals surface area contributed by atoms with Crippen molar-refractivity contribution < 1.29 is 14.3 Å². The molecule has 1 unspecified atom stereocenters. The Bertz CT molecular complexity index is 1070. The Balaban J connectivity index is 1.64. The average Bonchev–Trinajstić information content (AvgIpc) is 3.20. The third kappa shape index (κ3) is 6.02. The minimum Gasteiger partial charge on any atom is -0.497 e. The van der Waals surface area contributed by atoms with E-state index in [2.05, 4.69) is 26.1 Å². The van der Waals surface area contributed by atoms with Crippen LogP contribution in [0.1, 0.15) is 19.4 Å². The van der Waals surface area contributed by atoms with E-state index in [1.807, 2.05) is 45.0 Å². The molecule has 0 aliphatic carbocycles. The number of methoxy groups -OCH3 is 1. The molecule has 3 aromatic rings. The van der Waals surface area contributed by atoms with E-state index in [0.29, 0.717) is 21.6 Å². The number of nitrogens with zero attached hydrogens (tertiary/aromatic N) is 2. The first-order chi connectivity index (χ1) is 14.9. The zero-order chi connectivity index (χ0) is 22.4. The number of aryl methyl sites for hydroxylation is 1. The minimum atomic E-state index is -0.753. The van der Waals surface area contributed by atoms with E-state index >= 15 is 0 Å². The highest BCUT2D eigenvalue weighted by Crippen LogP contribution is 2.27. The summed E-state index contributed by atoms with van der Waals surface area (Å²) in [6.07, 6.45) is 0. The number of benzene rings is 2. The number of rotatable bonds is 7. The first-order valence-electron chi connectivity index (χ1n) is 9.78. The summed E-state index contributed by atoms with van der Waals surface area (Å²) < 4.78 is 5.15. The summed E-state index contributed by atoms with van der Waals surface area (Å²) >= 11 is 1.28. The van der Waals surface area contributed by atoms with Crippen LogP contribution in [-0.2, 0) is 4.79 Å². The summed E-state index contributed by atoms with van der Waals surface area (Å²) in [6, 6.07) is 13.6. The van der Waals surface area contributed by atoms with Gasteiger partial charge in [0.1, 0.15) is 16.8 Å². The second kappa shape index (κ2) is 10.0. The predicted octanol–water partition coefficient (Wildman–Crippen LogP) is 4.31. The molecule has 1 heterocycles. The molecule has 8 nitrogen and oxygen atoms in total. The molecular formula is C22H25N5O3S. The molecule has 0 saturated carbocycles. The highest BCUT2D eigenvalue weighted by molar-refractivity contribution is 7.18. The van der Waals surface area contributed by atoms with Gasteiger partial charge in [-0.15, -0.1) is 10.2 Å². The Hall–Kier alpha value is -3.46. The summed E-state index contributed by atoms with van der Waals surface area (Å²) in [5.41, 5.74) is 2.62. The topological polar surface area (TPSA) is 105 Å². The van der Waals surface area contributed by atoms with E-state index in [4.69, 9.17) is 4.74 Å². The minimum absolute atomic E-state index is 0.139. The standard InChI is InChI=1S/C22H25N5O3S/c1-13(2)18(24-21(29)23-16-9-6-10-17(12-16)30-4)19(28)25-22-27-26-20(31-22)15-8-5-7-14(3)11-15/h5-13,18H,1-4H3,(H2,23,24,29)(H,25,27,28). The fourth-order valence-electron chi connectivity index (χ4n) is 2.90. The molecule has 1 aromatic heterocycles. The third-order valence-electron chi connectivity index (χ3n) is 4.48. The molecule has 3 amide bonds. The summed E-state index contributed by atoms with van der Waals surface area (Å²) in [6.45, 7) is 5.71. The Morgan fingerprint density at radius 1 is 1.03 bits per heavy atom. The van der Waals surface area contributed by atoms with Crippen LogP contribution in [-0.4, -0.2) is 35.3 Å². The molecule has 9 heteroatoms. The molecule has 3 rings (SSSR count). The summed E-state index contributed by atoms with van der Waals surface area (Å²) in [4.78, 5) is 25.2. The fraction of sp³-hybridized carbons (Fsp3) is 0.273. The normalized spacial score (nSPS) is 11.6. The lowest BCUT2D eigenvalue weighted by atomic mass is 10.0. The fourth-order valence-corrected chi connectivity index (χ4v) is 3.64. The highest BCUT2D eigenvalue weighted by Gasteiger charge is 2.25. The number of aromatic nitrogens is 2. The molecule has 0 fully saturated rings.